The second-order valence-electron chi connectivity index (χ2n) is 6.43. The van der Waals surface area contributed by atoms with Gasteiger partial charge in [-0.25, -0.2) is 9.18 Å². The molecule has 0 spiro atoms. The van der Waals surface area contributed by atoms with Crippen LogP contribution in [-0.4, -0.2) is 28.3 Å². The molecule has 0 aliphatic rings. The third kappa shape index (κ3) is 5.00. The Morgan fingerprint density at radius 3 is 2.66 bits per heavy atom. The molecule has 2 aromatic carbocycles. The van der Waals surface area contributed by atoms with Gasteiger partial charge in [-0.2, -0.15) is 5.10 Å². The number of aryl methyl sites for hydroxylation is 1. The molecule has 8 heteroatoms. The highest BCUT2D eigenvalue weighted by Gasteiger charge is 2.21. The summed E-state index contributed by atoms with van der Waals surface area (Å²) >= 11 is 6.20. The lowest BCUT2D eigenvalue weighted by Crippen LogP contribution is -2.21. The van der Waals surface area contributed by atoms with Crippen molar-refractivity contribution in [2.75, 3.05) is 11.9 Å². The average molecular weight is 416 g/mol. The number of aromatic nitrogens is 2. The molecule has 0 unspecified atom stereocenters. The predicted octanol–water partition coefficient (Wildman–Crippen LogP) is 4.14. The molecule has 0 saturated carbocycles. The first-order valence-corrected chi connectivity index (χ1v) is 9.23. The lowest BCUT2D eigenvalue weighted by Gasteiger charge is -2.08. The van der Waals surface area contributed by atoms with Gasteiger partial charge < -0.3 is 10.1 Å². The van der Waals surface area contributed by atoms with E-state index in [9.17, 15) is 14.0 Å². The van der Waals surface area contributed by atoms with Crippen LogP contribution in [0.2, 0.25) is 5.02 Å². The molecule has 0 aliphatic carbocycles. The van der Waals surface area contributed by atoms with Gasteiger partial charge >= 0.3 is 5.97 Å². The molecule has 6 nitrogen and oxygen atoms in total. The van der Waals surface area contributed by atoms with E-state index >= 15 is 0 Å². The number of hydrogen-bond donors (Lipinski definition) is 1. The van der Waals surface area contributed by atoms with Crippen molar-refractivity contribution in [3.8, 4) is 0 Å². The quantitative estimate of drug-likeness (QED) is 0.614. The number of ether oxygens (including phenoxy) is 1. The van der Waals surface area contributed by atoms with Crippen LogP contribution in [0.1, 0.15) is 27.3 Å². The van der Waals surface area contributed by atoms with Crippen LogP contribution in [0.25, 0.3) is 0 Å². The largest absolute Gasteiger partial charge is 0.452 e. The fourth-order valence-electron chi connectivity index (χ4n) is 2.90. The molecule has 0 atom stereocenters. The Kier molecular flexibility index (Phi) is 6.29. The van der Waals surface area contributed by atoms with Gasteiger partial charge in [0, 0.05) is 10.7 Å². The van der Waals surface area contributed by atoms with E-state index in [1.54, 1.807) is 24.6 Å². The minimum Gasteiger partial charge on any atom is -0.452 e. The number of hydrogen-bond acceptors (Lipinski definition) is 4. The lowest BCUT2D eigenvalue weighted by atomic mass is 10.2. The van der Waals surface area contributed by atoms with E-state index < -0.39 is 24.3 Å². The van der Waals surface area contributed by atoms with Crippen molar-refractivity contribution in [3.63, 3.8) is 0 Å². The Hall–Kier alpha value is -3.19. The molecule has 0 aliphatic heterocycles. The summed E-state index contributed by atoms with van der Waals surface area (Å²) < 4.78 is 20.0. The number of nitrogens with zero attached hydrogens (tertiary/aromatic N) is 2. The molecule has 0 bridgehead atoms. The average Bonchev–Trinajstić information content (AvgIpc) is 2.95. The summed E-state index contributed by atoms with van der Waals surface area (Å²) in [5.41, 5.74) is 2.55. The van der Waals surface area contributed by atoms with Gasteiger partial charge in [0.25, 0.3) is 5.91 Å². The first kappa shape index (κ1) is 20.5. The number of anilines is 1. The Morgan fingerprint density at radius 1 is 1.17 bits per heavy atom. The number of rotatable bonds is 6. The van der Waals surface area contributed by atoms with Crippen molar-refractivity contribution in [1.82, 2.24) is 9.78 Å². The molecule has 1 heterocycles. The zero-order valence-corrected chi connectivity index (χ0v) is 16.7. The van der Waals surface area contributed by atoms with Gasteiger partial charge in [-0.3, -0.25) is 9.48 Å². The number of esters is 1. The third-order valence-corrected chi connectivity index (χ3v) is 4.68. The highest BCUT2D eigenvalue weighted by molar-refractivity contribution is 6.31. The van der Waals surface area contributed by atoms with Crippen molar-refractivity contribution >= 4 is 29.2 Å². The fraction of sp³-hybridized carbons (Fsp3) is 0.190. The summed E-state index contributed by atoms with van der Waals surface area (Å²) in [6, 6.07) is 12.8. The first-order chi connectivity index (χ1) is 13.8. The molecule has 3 rings (SSSR count). The van der Waals surface area contributed by atoms with E-state index in [1.165, 1.54) is 24.3 Å². The van der Waals surface area contributed by atoms with Gasteiger partial charge in [-0.1, -0.05) is 35.9 Å². The summed E-state index contributed by atoms with van der Waals surface area (Å²) in [5.74, 6) is -1.69. The summed E-state index contributed by atoms with van der Waals surface area (Å²) in [7, 11) is 0. The molecule has 1 amide bonds. The summed E-state index contributed by atoms with van der Waals surface area (Å²) in [5, 5.41) is 7.47. The number of benzene rings is 2. The molecule has 150 valence electrons. The van der Waals surface area contributed by atoms with E-state index in [4.69, 9.17) is 16.3 Å². The third-order valence-electron chi connectivity index (χ3n) is 4.31. The highest BCUT2D eigenvalue weighted by Crippen LogP contribution is 2.20. The van der Waals surface area contributed by atoms with E-state index in [0.29, 0.717) is 28.5 Å². The van der Waals surface area contributed by atoms with Crippen molar-refractivity contribution in [1.29, 1.82) is 0 Å². The van der Waals surface area contributed by atoms with Gasteiger partial charge in [0.05, 0.1) is 17.9 Å². The number of halogens is 2. The van der Waals surface area contributed by atoms with E-state index in [1.807, 2.05) is 18.2 Å². The number of nitrogens with one attached hydrogen (secondary N) is 1. The minimum absolute atomic E-state index is 0.283. The van der Waals surface area contributed by atoms with Crippen LogP contribution >= 0.6 is 11.6 Å². The SMILES string of the molecule is Cc1nn(Cc2ccccc2Cl)c(C)c1C(=O)OCC(=O)Nc1cccc(F)c1. The molecule has 29 heavy (non-hydrogen) atoms. The molecule has 0 fully saturated rings. The Morgan fingerprint density at radius 2 is 1.93 bits per heavy atom. The van der Waals surface area contributed by atoms with Crippen LogP contribution < -0.4 is 5.32 Å². The normalized spacial score (nSPS) is 10.6. The van der Waals surface area contributed by atoms with Crippen LogP contribution in [0.5, 0.6) is 0 Å². The smallest absolute Gasteiger partial charge is 0.342 e. The van der Waals surface area contributed by atoms with Crippen molar-refractivity contribution in [3.05, 3.63) is 81.9 Å². The second kappa shape index (κ2) is 8.87. The lowest BCUT2D eigenvalue weighted by molar-refractivity contribution is -0.119. The Balaban J connectivity index is 1.65. The molecular weight excluding hydrogens is 397 g/mol. The van der Waals surface area contributed by atoms with Crippen molar-refractivity contribution in [2.45, 2.75) is 20.4 Å². The standard InChI is InChI=1S/C21H19ClFN3O3/c1-13-20(14(2)26(25-13)11-15-6-3-4-9-18(15)22)21(28)29-12-19(27)24-17-8-5-7-16(23)10-17/h3-10H,11-12H2,1-2H3,(H,24,27). The second-order valence-corrected chi connectivity index (χ2v) is 6.84. The van der Waals surface area contributed by atoms with Crippen LogP contribution in [0.3, 0.4) is 0 Å². The van der Waals surface area contributed by atoms with E-state index in [0.717, 1.165) is 5.56 Å². The summed E-state index contributed by atoms with van der Waals surface area (Å²) in [6.07, 6.45) is 0. The maximum absolute atomic E-state index is 13.2. The van der Waals surface area contributed by atoms with E-state index in [-0.39, 0.29) is 5.69 Å². The van der Waals surface area contributed by atoms with Gasteiger partial charge in [-0.05, 0) is 43.7 Å². The zero-order chi connectivity index (χ0) is 21.0. The van der Waals surface area contributed by atoms with E-state index in [2.05, 4.69) is 10.4 Å². The van der Waals surface area contributed by atoms with Crippen LogP contribution in [-0.2, 0) is 16.1 Å². The van der Waals surface area contributed by atoms with Gasteiger partial charge in [0.2, 0.25) is 0 Å². The van der Waals surface area contributed by atoms with Crippen LogP contribution in [0, 0.1) is 19.7 Å². The maximum Gasteiger partial charge on any atom is 0.342 e. The van der Waals surface area contributed by atoms with Crippen LogP contribution in [0.15, 0.2) is 48.5 Å². The molecule has 3 aromatic rings. The zero-order valence-electron chi connectivity index (χ0n) is 15.9. The van der Waals surface area contributed by atoms with Gasteiger partial charge in [0.15, 0.2) is 6.61 Å². The molecule has 1 N–H and O–H groups in total. The predicted molar refractivity (Wildman–Crippen MR) is 108 cm³/mol. The summed E-state index contributed by atoms with van der Waals surface area (Å²) in [6.45, 7) is 3.35. The molecule has 0 saturated heterocycles. The maximum atomic E-state index is 13.2. The Bertz CT molecular complexity index is 1070. The first-order valence-electron chi connectivity index (χ1n) is 8.85. The number of carbonyl (C=O) groups is 2. The number of amides is 1. The van der Waals surface area contributed by atoms with Crippen molar-refractivity contribution in [2.24, 2.45) is 0 Å². The Labute approximate surface area is 172 Å². The molecule has 1 aromatic heterocycles. The van der Waals surface area contributed by atoms with Crippen LogP contribution in [0.4, 0.5) is 10.1 Å². The number of carbonyl (C=O) groups excluding carboxylic acids is 2. The summed E-state index contributed by atoms with van der Waals surface area (Å²) in [4.78, 5) is 24.5. The minimum atomic E-state index is -0.653. The topological polar surface area (TPSA) is 73.2 Å². The highest BCUT2D eigenvalue weighted by atomic mass is 35.5. The van der Waals surface area contributed by atoms with Gasteiger partial charge in [0.1, 0.15) is 11.4 Å². The molecule has 0 radical (unpaired) electrons. The van der Waals surface area contributed by atoms with Crippen molar-refractivity contribution < 1.29 is 18.7 Å². The van der Waals surface area contributed by atoms with Gasteiger partial charge in [-0.15, -0.1) is 0 Å². The monoisotopic (exact) mass is 415 g/mol. The molecular formula is C21H19ClFN3O3. The fourth-order valence-corrected chi connectivity index (χ4v) is 3.10.